The molecule has 1 unspecified atom stereocenters. The molecular weight excluding hydrogens is 843 g/mol. The summed E-state index contributed by atoms with van der Waals surface area (Å²) in [6.45, 7) is 3.21. The first-order valence-electron chi connectivity index (χ1n) is 21.1. The van der Waals surface area contributed by atoms with E-state index in [0.717, 1.165) is 0 Å². The Hall–Kier alpha value is -5.95. The molecule has 1 aromatic rings. The zero-order chi connectivity index (χ0) is 47.1. The largest absolute Gasteiger partial charge is 0.481 e. The Labute approximate surface area is 371 Å². The number of ether oxygens (including phenoxy) is 4. The van der Waals surface area contributed by atoms with Gasteiger partial charge in [0.05, 0.1) is 52.6 Å². The quantitative estimate of drug-likeness (QED) is 0.0217. The third-order valence-electron chi connectivity index (χ3n) is 9.39. The molecule has 1 fully saturated rings. The van der Waals surface area contributed by atoms with Crippen LogP contribution in [-0.2, 0) is 57.3 Å². The van der Waals surface area contributed by atoms with Crippen molar-refractivity contribution in [1.29, 1.82) is 5.41 Å². The molecule has 14 N–H and O–H groups in total. The summed E-state index contributed by atoms with van der Waals surface area (Å²) in [6.07, 6.45) is 0.122. The summed E-state index contributed by atoms with van der Waals surface area (Å²) < 4.78 is 21.1. The number of carboxylic acid groups (broad SMARTS) is 1. The van der Waals surface area contributed by atoms with E-state index in [1.54, 1.807) is 37.3 Å². The zero-order valence-corrected chi connectivity index (χ0v) is 36.2. The summed E-state index contributed by atoms with van der Waals surface area (Å²) >= 11 is 0. The topological polar surface area (TPSA) is 366 Å². The van der Waals surface area contributed by atoms with Gasteiger partial charge in [-0.15, -0.1) is 0 Å². The van der Waals surface area contributed by atoms with Gasteiger partial charge in [0.2, 0.25) is 41.4 Å². The van der Waals surface area contributed by atoms with Gasteiger partial charge in [0.25, 0.3) is 0 Å². The van der Waals surface area contributed by atoms with E-state index in [9.17, 15) is 43.5 Å². The second-order valence-electron chi connectivity index (χ2n) is 14.5. The van der Waals surface area contributed by atoms with E-state index in [1.807, 2.05) is 0 Å². The van der Waals surface area contributed by atoms with Gasteiger partial charge < -0.3 is 78.1 Å². The predicted molar refractivity (Wildman–Crippen MR) is 229 cm³/mol. The van der Waals surface area contributed by atoms with Crippen molar-refractivity contribution in [2.45, 2.75) is 75.5 Å². The van der Waals surface area contributed by atoms with Crippen molar-refractivity contribution < 1.29 is 62.4 Å². The molecule has 7 amide bonds. The van der Waals surface area contributed by atoms with Crippen molar-refractivity contribution >= 4 is 53.3 Å². The lowest BCUT2D eigenvalue weighted by Gasteiger charge is -2.29. The Morgan fingerprint density at radius 2 is 1.27 bits per heavy atom. The smallest absolute Gasteiger partial charge is 0.305 e. The normalized spacial score (nSPS) is 19.0. The number of carbonyl (C=O) groups excluding carboxylic acids is 7. The Kier molecular flexibility index (Phi) is 26.9. The highest BCUT2D eigenvalue weighted by Crippen LogP contribution is 2.20. The number of nitrogens with two attached hydrogens (primary N) is 2. The molecule has 1 aliphatic rings. The molecule has 358 valence electrons. The Bertz CT molecular complexity index is 1660. The van der Waals surface area contributed by atoms with Gasteiger partial charge in [0.15, 0.2) is 5.96 Å². The van der Waals surface area contributed by atoms with E-state index in [4.69, 9.17) is 35.8 Å². The summed E-state index contributed by atoms with van der Waals surface area (Å²) in [5, 5.41) is 37.5. The lowest BCUT2D eigenvalue weighted by molar-refractivity contribution is -0.141. The maximum absolute atomic E-state index is 14.1. The summed E-state index contributed by atoms with van der Waals surface area (Å²) in [7, 11) is 0. The second kappa shape index (κ2) is 31.8. The minimum atomic E-state index is -1.63. The number of hydrogen-bond donors (Lipinski definition) is 12. The van der Waals surface area contributed by atoms with Crippen molar-refractivity contribution in [1.82, 2.24) is 42.5 Å². The number of carboxylic acids is 1. The molecule has 0 bridgehead atoms. The number of hydrogen-bond acceptors (Lipinski definition) is 14. The molecule has 0 aromatic heterocycles. The molecular formula is C40H65N11O13. The maximum atomic E-state index is 14.1. The number of amides is 7. The summed E-state index contributed by atoms with van der Waals surface area (Å²) in [5.41, 5.74) is 11.3. The molecule has 0 radical (unpaired) electrons. The van der Waals surface area contributed by atoms with E-state index in [2.05, 4.69) is 42.5 Å². The molecule has 5 atom stereocenters. The average Bonchev–Trinajstić information content (AvgIpc) is 3.26. The highest BCUT2D eigenvalue weighted by molar-refractivity contribution is 5.98. The van der Waals surface area contributed by atoms with Gasteiger partial charge in [-0.3, -0.25) is 43.8 Å². The molecule has 1 saturated heterocycles. The highest BCUT2D eigenvalue weighted by Gasteiger charge is 2.35. The third kappa shape index (κ3) is 23.5. The van der Waals surface area contributed by atoms with Crippen molar-refractivity contribution in [3.8, 4) is 0 Å². The van der Waals surface area contributed by atoms with Gasteiger partial charge in [0, 0.05) is 32.1 Å². The van der Waals surface area contributed by atoms with Crippen LogP contribution in [0.5, 0.6) is 0 Å². The van der Waals surface area contributed by atoms with Gasteiger partial charge >= 0.3 is 5.97 Å². The molecule has 1 aliphatic heterocycles. The SMILES string of the molecule is C[C@@H](c1ccccc1)[C@@H]1NC(=O)[C@@H](CC(=O)O)NC(=O)CNC(=O)[C@H](CCCNC(=N)N)NC(=O)C(CCCCNC(=O)COCCOCCNC(=O)COCCOCCN)NC1=O. The van der Waals surface area contributed by atoms with Gasteiger partial charge in [-0.1, -0.05) is 37.3 Å². The van der Waals surface area contributed by atoms with Crippen molar-refractivity contribution in [3.63, 3.8) is 0 Å². The van der Waals surface area contributed by atoms with Crippen LogP contribution in [0.25, 0.3) is 0 Å². The molecule has 0 saturated carbocycles. The van der Waals surface area contributed by atoms with Crippen molar-refractivity contribution in [2.24, 2.45) is 11.5 Å². The van der Waals surface area contributed by atoms with Crippen LogP contribution in [0.3, 0.4) is 0 Å². The summed E-state index contributed by atoms with van der Waals surface area (Å²) in [4.78, 5) is 104. The molecule has 24 heteroatoms. The lowest BCUT2D eigenvalue weighted by Crippen LogP contribution is -2.59. The van der Waals surface area contributed by atoms with Crippen LogP contribution in [0.1, 0.15) is 56.9 Å². The van der Waals surface area contributed by atoms with Gasteiger partial charge in [-0.05, 0) is 37.7 Å². The number of benzene rings is 1. The first-order chi connectivity index (χ1) is 30.7. The van der Waals surface area contributed by atoms with Crippen LogP contribution in [0.4, 0.5) is 0 Å². The molecule has 1 heterocycles. The van der Waals surface area contributed by atoms with Gasteiger partial charge in [-0.25, -0.2) is 0 Å². The molecule has 2 rings (SSSR count). The average molecular weight is 908 g/mol. The minimum Gasteiger partial charge on any atom is -0.481 e. The summed E-state index contributed by atoms with van der Waals surface area (Å²) in [5.74, 6) is -7.32. The Morgan fingerprint density at radius 1 is 0.703 bits per heavy atom. The first kappa shape index (κ1) is 54.2. The lowest BCUT2D eigenvalue weighted by atomic mass is 9.91. The van der Waals surface area contributed by atoms with Crippen LogP contribution in [0.15, 0.2) is 30.3 Å². The fourth-order valence-corrected chi connectivity index (χ4v) is 6.06. The Balaban J connectivity index is 2.04. The van der Waals surface area contributed by atoms with Crippen molar-refractivity contribution in [3.05, 3.63) is 35.9 Å². The fourth-order valence-electron chi connectivity index (χ4n) is 6.06. The highest BCUT2D eigenvalue weighted by atomic mass is 16.5. The van der Waals surface area contributed by atoms with E-state index in [0.29, 0.717) is 38.2 Å². The maximum Gasteiger partial charge on any atom is 0.305 e. The minimum absolute atomic E-state index is 0.0251. The fraction of sp³-hybridized carbons (Fsp3) is 0.625. The number of guanidine groups is 1. The number of unbranched alkanes of at least 4 members (excludes halogenated alkanes) is 1. The second-order valence-corrected chi connectivity index (χ2v) is 14.5. The van der Waals surface area contributed by atoms with Crippen LogP contribution in [0, 0.1) is 5.41 Å². The van der Waals surface area contributed by atoms with Crippen LogP contribution in [-0.4, -0.2) is 168 Å². The molecule has 24 nitrogen and oxygen atoms in total. The summed E-state index contributed by atoms with van der Waals surface area (Å²) in [6, 6.07) is 3.21. The zero-order valence-electron chi connectivity index (χ0n) is 36.2. The predicted octanol–water partition coefficient (Wildman–Crippen LogP) is -3.98. The van der Waals surface area contributed by atoms with Crippen LogP contribution >= 0.6 is 0 Å². The van der Waals surface area contributed by atoms with Gasteiger partial charge in [-0.2, -0.15) is 0 Å². The molecule has 1 aromatic carbocycles. The van der Waals surface area contributed by atoms with Crippen LogP contribution < -0.4 is 54.0 Å². The first-order valence-corrected chi connectivity index (χ1v) is 21.1. The molecule has 64 heavy (non-hydrogen) atoms. The number of carbonyl (C=O) groups is 8. The van der Waals surface area contributed by atoms with E-state index < -0.39 is 84.5 Å². The number of rotatable bonds is 28. The Morgan fingerprint density at radius 3 is 1.91 bits per heavy atom. The van der Waals surface area contributed by atoms with Gasteiger partial charge in [0.1, 0.15) is 37.4 Å². The molecule has 0 aliphatic carbocycles. The standard InChI is InChI=1S/C40H65N11O13/c1-26(27-8-3-2-4-9-27)35-39(60)50-29(10-5-6-13-44-32(53)24-64-21-19-62-17-15-45-33(54)25-63-20-18-61-16-12-41)37(58)49-28(11-7-14-46-40(42)43)36(57)47-23-31(52)48-30(22-34(55)56)38(59)51-35/h2-4,8-9,26,28-30,35H,5-7,10-25,41H2,1H3,(H,44,53)(H,45,54)(H,47,57)(H,48,52)(H,49,58)(H,50,60)(H,51,59)(H,55,56)(H4,42,43,46)/t26-,28-,29?,30+,35-/m0/s1. The van der Waals surface area contributed by atoms with Crippen LogP contribution in [0.2, 0.25) is 0 Å². The molecule has 0 spiro atoms. The van der Waals surface area contributed by atoms with E-state index >= 15 is 0 Å². The van der Waals surface area contributed by atoms with E-state index in [-0.39, 0.29) is 90.4 Å². The monoisotopic (exact) mass is 907 g/mol. The number of nitrogens with one attached hydrogen (secondary N) is 9. The number of aliphatic carboxylic acids is 1. The van der Waals surface area contributed by atoms with E-state index in [1.165, 1.54) is 0 Å². The van der Waals surface area contributed by atoms with Crippen molar-refractivity contribution in [2.75, 3.05) is 85.6 Å². The third-order valence-corrected chi connectivity index (χ3v) is 9.39.